The molecule has 2 rings (SSSR count). The molecule has 0 aliphatic rings. The van der Waals surface area contributed by atoms with Crippen molar-refractivity contribution in [1.82, 2.24) is 0 Å². The normalized spacial score (nSPS) is 10.4. The van der Waals surface area contributed by atoms with Crippen LogP contribution in [-0.4, -0.2) is 11.9 Å². The van der Waals surface area contributed by atoms with Crippen LogP contribution >= 0.6 is 0 Å². The van der Waals surface area contributed by atoms with Gasteiger partial charge in [0.05, 0.1) is 11.9 Å². The molecule has 0 saturated heterocycles. The smallest absolute Gasteiger partial charge is 0.545 e. The fourth-order valence-electron chi connectivity index (χ4n) is 4.99. The largest absolute Gasteiger partial charge is 2.00 e. The van der Waals surface area contributed by atoms with E-state index in [0.717, 1.165) is 36.8 Å². The number of unbranched alkanes of at least 4 members (excludes halogenated alkanes) is 16. The molecule has 0 radical (unpaired) electrons. The molecule has 0 aliphatic heterocycles. The van der Waals surface area contributed by atoms with Gasteiger partial charge in [-0.15, -0.1) is 0 Å². The monoisotopic (exact) mass is 614 g/mol. The average molecular weight is 616 g/mol. The molecule has 0 spiro atoms. The van der Waals surface area contributed by atoms with Crippen LogP contribution < -0.4 is 10.2 Å². The molecule has 0 unspecified atom stereocenters. The quantitative estimate of drug-likeness (QED) is 0.0986. The average Bonchev–Trinajstić information content (AvgIpc) is 2.96. The molecule has 0 aliphatic carbocycles. The summed E-state index contributed by atoms with van der Waals surface area (Å²) in [7, 11) is 0. The molecule has 224 valence electrons. The molecule has 0 fully saturated rings. The van der Waals surface area contributed by atoms with Crippen molar-refractivity contribution < 1.29 is 39.3 Å². The van der Waals surface area contributed by atoms with E-state index in [0.29, 0.717) is 11.1 Å². The van der Waals surface area contributed by atoms with Crippen LogP contribution in [-0.2, 0) is 32.3 Å². The molecule has 2 aromatic carbocycles. The SMILES string of the molecule is CCCCCCCCCCCc1cccc(C(=O)[O-])c1.CCCCCCCCCCCc1cccc(C(=O)[O-])c1.[Zn+2]. The molecular weight excluding hydrogens is 562 g/mol. The first-order chi connectivity index (χ1) is 19.5. The number of carboxylic acids is 2. The first-order valence-corrected chi connectivity index (χ1v) is 16.1. The number of benzene rings is 2. The number of hydrogen-bond donors (Lipinski definition) is 0. The predicted molar refractivity (Wildman–Crippen MR) is 163 cm³/mol. The first-order valence-electron chi connectivity index (χ1n) is 16.1. The Labute approximate surface area is 263 Å². The Bertz CT molecular complexity index is 852. The van der Waals surface area contributed by atoms with Gasteiger partial charge in [-0.25, -0.2) is 0 Å². The summed E-state index contributed by atoms with van der Waals surface area (Å²) >= 11 is 0. The van der Waals surface area contributed by atoms with Crippen LogP contribution in [0.3, 0.4) is 0 Å². The van der Waals surface area contributed by atoms with E-state index in [1.54, 1.807) is 36.4 Å². The van der Waals surface area contributed by atoms with E-state index in [2.05, 4.69) is 13.8 Å². The van der Waals surface area contributed by atoms with Crippen LogP contribution in [0.4, 0.5) is 0 Å². The van der Waals surface area contributed by atoms with Gasteiger partial charge in [-0.2, -0.15) is 0 Å². The number of carbonyl (C=O) groups excluding carboxylic acids is 2. The Balaban J connectivity index is 0.000000762. The predicted octanol–water partition coefficient (Wildman–Crippen LogP) is 8.24. The minimum absolute atomic E-state index is 0. The Hall–Kier alpha value is -2.00. The summed E-state index contributed by atoms with van der Waals surface area (Å²) in [5, 5.41) is 21.5. The van der Waals surface area contributed by atoms with E-state index in [1.807, 2.05) is 12.1 Å². The van der Waals surface area contributed by atoms with Crippen LogP contribution in [0.15, 0.2) is 48.5 Å². The van der Waals surface area contributed by atoms with Gasteiger partial charge in [0, 0.05) is 0 Å². The van der Waals surface area contributed by atoms with Crippen molar-refractivity contribution in [2.75, 3.05) is 0 Å². The molecule has 0 atom stereocenters. The zero-order chi connectivity index (χ0) is 29.3. The Kier molecular flexibility index (Phi) is 25.6. The van der Waals surface area contributed by atoms with Crippen LogP contribution in [0.2, 0.25) is 0 Å². The molecule has 0 heterocycles. The van der Waals surface area contributed by atoms with Gasteiger partial charge in [0.1, 0.15) is 0 Å². The second-order valence-electron chi connectivity index (χ2n) is 11.1. The van der Waals surface area contributed by atoms with E-state index in [-0.39, 0.29) is 19.5 Å². The molecule has 0 N–H and O–H groups in total. The van der Waals surface area contributed by atoms with Gasteiger partial charge in [0.25, 0.3) is 0 Å². The van der Waals surface area contributed by atoms with Crippen LogP contribution in [0.1, 0.15) is 161 Å². The summed E-state index contributed by atoms with van der Waals surface area (Å²) in [4.78, 5) is 21.5. The molecular formula is C36H54O4Zn. The van der Waals surface area contributed by atoms with Gasteiger partial charge in [0.15, 0.2) is 0 Å². The van der Waals surface area contributed by atoms with Gasteiger partial charge < -0.3 is 19.8 Å². The summed E-state index contributed by atoms with van der Waals surface area (Å²) in [5.41, 5.74) is 2.79. The van der Waals surface area contributed by atoms with Gasteiger partial charge >= 0.3 is 19.5 Å². The molecule has 0 amide bonds. The molecule has 4 nitrogen and oxygen atoms in total. The number of carbonyl (C=O) groups is 2. The zero-order valence-corrected chi connectivity index (χ0v) is 29.1. The van der Waals surface area contributed by atoms with Crippen molar-refractivity contribution in [3.05, 3.63) is 70.8 Å². The van der Waals surface area contributed by atoms with Gasteiger partial charge in [-0.1, -0.05) is 153 Å². The summed E-state index contributed by atoms with van der Waals surface area (Å²) in [6, 6.07) is 14.3. The number of carboxylic acid groups (broad SMARTS) is 2. The van der Waals surface area contributed by atoms with Crippen LogP contribution in [0.5, 0.6) is 0 Å². The maximum Gasteiger partial charge on any atom is 2.00 e. The second kappa shape index (κ2) is 26.9. The Morgan fingerprint density at radius 3 is 1.07 bits per heavy atom. The number of rotatable bonds is 22. The maximum absolute atomic E-state index is 10.8. The van der Waals surface area contributed by atoms with E-state index < -0.39 is 11.9 Å². The van der Waals surface area contributed by atoms with Crippen molar-refractivity contribution in [3.63, 3.8) is 0 Å². The zero-order valence-electron chi connectivity index (χ0n) is 26.1. The van der Waals surface area contributed by atoms with Crippen molar-refractivity contribution >= 4 is 11.9 Å². The van der Waals surface area contributed by atoms with Crippen LogP contribution in [0.25, 0.3) is 0 Å². The summed E-state index contributed by atoms with van der Waals surface area (Å²) in [5.74, 6) is -2.17. The molecule has 0 aromatic heterocycles. The summed E-state index contributed by atoms with van der Waals surface area (Å²) in [6.07, 6.45) is 25.6. The van der Waals surface area contributed by atoms with Gasteiger partial charge in [-0.05, 0) is 60.1 Å². The van der Waals surface area contributed by atoms with Crippen molar-refractivity contribution in [1.29, 1.82) is 0 Å². The summed E-state index contributed by atoms with van der Waals surface area (Å²) < 4.78 is 0. The number of aromatic carboxylic acids is 2. The minimum Gasteiger partial charge on any atom is -0.545 e. The van der Waals surface area contributed by atoms with Crippen molar-refractivity contribution in [2.45, 2.75) is 142 Å². The van der Waals surface area contributed by atoms with E-state index >= 15 is 0 Å². The number of aryl methyl sites for hydroxylation is 2. The fourth-order valence-corrected chi connectivity index (χ4v) is 4.99. The van der Waals surface area contributed by atoms with Gasteiger partial charge in [0.2, 0.25) is 0 Å². The standard InChI is InChI=1S/2C18H28O2.Zn/c2*1-2-3-4-5-6-7-8-9-10-12-16-13-11-14-17(15-16)18(19)20;/h2*11,13-15H,2-10,12H2,1H3,(H,19,20);/q;;+2/p-2. The van der Waals surface area contributed by atoms with Crippen molar-refractivity contribution in [3.8, 4) is 0 Å². The summed E-state index contributed by atoms with van der Waals surface area (Å²) in [6.45, 7) is 4.49. The topological polar surface area (TPSA) is 80.3 Å². The van der Waals surface area contributed by atoms with Gasteiger partial charge in [-0.3, -0.25) is 0 Å². The number of hydrogen-bond acceptors (Lipinski definition) is 4. The molecule has 0 saturated carbocycles. The van der Waals surface area contributed by atoms with Crippen molar-refractivity contribution in [2.24, 2.45) is 0 Å². The molecule has 0 bridgehead atoms. The Morgan fingerprint density at radius 2 is 0.780 bits per heavy atom. The maximum atomic E-state index is 10.8. The van der Waals surface area contributed by atoms with E-state index in [9.17, 15) is 19.8 Å². The van der Waals surface area contributed by atoms with E-state index in [1.165, 1.54) is 103 Å². The third-order valence-electron chi connectivity index (χ3n) is 7.46. The Morgan fingerprint density at radius 1 is 0.488 bits per heavy atom. The van der Waals surface area contributed by atoms with Crippen LogP contribution in [0, 0.1) is 0 Å². The molecule has 2 aromatic rings. The molecule has 5 heteroatoms. The molecule has 41 heavy (non-hydrogen) atoms. The fraction of sp³-hybridized carbons (Fsp3) is 0.611. The third-order valence-corrected chi connectivity index (χ3v) is 7.46. The first kappa shape index (κ1) is 39.0. The second-order valence-corrected chi connectivity index (χ2v) is 11.1. The minimum atomic E-state index is -1.08. The van der Waals surface area contributed by atoms with E-state index in [4.69, 9.17) is 0 Å². The third kappa shape index (κ3) is 21.4.